The first-order valence-corrected chi connectivity index (χ1v) is 17.2. The molecule has 0 aliphatic heterocycles. The van der Waals surface area contributed by atoms with Crippen LogP contribution in [-0.2, 0) is 33.0 Å². The van der Waals surface area contributed by atoms with E-state index in [4.69, 9.17) is 0 Å². The number of nitrogens with one attached hydrogen (secondary N) is 4. The molecule has 0 bridgehead atoms. The predicted molar refractivity (Wildman–Crippen MR) is 204 cm³/mol. The molecule has 0 radical (unpaired) electrons. The second-order valence-electron chi connectivity index (χ2n) is 12.3. The first kappa shape index (κ1) is 36.0. The number of aryl methyl sites for hydroxylation is 4. The number of azo groups is 2. The van der Waals surface area contributed by atoms with E-state index in [-0.39, 0.29) is 0 Å². The lowest BCUT2D eigenvalue weighted by Crippen LogP contribution is -2.25. The van der Waals surface area contributed by atoms with Crippen LogP contribution in [0.4, 0.5) is 63.9 Å². The molecule has 0 atom stereocenters. The van der Waals surface area contributed by atoms with Gasteiger partial charge in [-0.2, -0.15) is 15.0 Å². The van der Waals surface area contributed by atoms with E-state index in [1.165, 1.54) is 0 Å². The summed E-state index contributed by atoms with van der Waals surface area (Å²) in [5.74, 6) is 2.66. The first-order chi connectivity index (χ1) is 25.8. The molecule has 0 spiro atoms. The van der Waals surface area contributed by atoms with Crippen molar-refractivity contribution < 1.29 is 13.9 Å². The van der Waals surface area contributed by atoms with Crippen molar-refractivity contribution in [1.82, 2.24) is 24.1 Å². The third kappa shape index (κ3) is 10.1. The third-order valence-electron chi connectivity index (χ3n) is 8.14. The molecule has 6 aromatic rings. The average Bonchev–Trinajstić information content (AvgIpc) is 3.66. The monoisotopic (exact) mass is 713 g/mol. The number of unbranched alkanes of at least 4 members (excludes halogenated alkanes) is 3. The van der Waals surface area contributed by atoms with Crippen molar-refractivity contribution >= 4 is 70.2 Å². The Morgan fingerprint density at radius 1 is 0.585 bits per heavy atom. The maximum atomic E-state index is 10.7. The fraction of sp³-hybridized carbons (Fsp3) is 0.243. The summed E-state index contributed by atoms with van der Waals surface area (Å²) in [5, 5.41) is 30.7. The summed E-state index contributed by atoms with van der Waals surface area (Å²) in [7, 11) is 7.71. The van der Waals surface area contributed by atoms with Gasteiger partial charge in [0.1, 0.15) is 17.7 Å². The Kier molecular flexibility index (Phi) is 11.8. The Hall–Kier alpha value is -6.84. The normalized spacial score (nSPS) is 11.3. The molecule has 0 amide bonds. The van der Waals surface area contributed by atoms with Gasteiger partial charge in [0.05, 0.1) is 53.0 Å². The molecule has 53 heavy (non-hydrogen) atoms. The van der Waals surface area contributed by atoms with Gasteiger partial charge in [0.2, 0.25) is 17.8 Å². The van der Waals surface area contributed by atoms with Crippen LogP contribution in [0.15, 0.2) is 118 Å². The molecule has 0 saturated carbocycles. The molecule has 0 aliphatic rings. The van der Waals surface area contributed by atoms with E-state index in [9.17, 15) is 4.79 Å². The summed E-state index contributed by atoms with van der Waals surface area (Å²) in [4.78, 5) is 24.5. The van der Waals surface area contributed by atoms with Crippen molar-refractivity contribution in [3.05, 3.63) is 97.6 Å². The van der Waals surface area contributed by atoms with Crippen molar-refractivity contribution in [2.45, 2.75) is 25.7 Å². The molecule has 3 aromatic carbocycles. The zero-order valence-corrected chi connectivity index (χ0v) is 30.2. The largest absolute Gasteiger partial charge is 0.421 e. The number of aromatic nitrogens is 7. The quantitative estimate of drug-likeness (QED) is 0.0327. The maximum absolute atomic E-state index is 10.7. The second kappa shape index (κ2) is 17.4. The van der Waals surface area contributed by atoms with Crippen molar-refractivity contribution in [3.8, 4) is 0 Å². The van der Waals surface area contributed by atoms with Gasteiger partial charge in [-0.15, -0.1) is 0 Å². The lowest BCUT2D eigenvalue weighted by atomic mass is 10.2. The predicted octanol–water partition coefficient (Wildman–Crippen LogP) is 7.43. The number of carbonyl (C=O) groups excluding carboxylic acids is 1. The van der Waals surface area contributed by atoms with E-state index in [1.807, 2.05) is 144 Å². The van der Waals surface area contributed by atoms with Crippen molar-refractivity contribution in [2.24, 2.45) is 48.6 Å². The number of nitrogens with zero attached hydrogens (tertiary/aromatic N) is 11. The lowest BCUT2D eigenvalue weighted by molar-refractivity contribution is -0.657. The van der Waals surface area contributed by atoms with Crippen LogP contribution in [0.2, 0.25) is 0 Å². The molecular formula is C37H43N15O+2. The van der Waals surface area contributed by atoms with E-state index < -0.39 is 0 Å². The summed E-state index contributed by atoms with van der Waals surface area (Å²) in [5.41, 5.74) is 4.88. The fourth-order valence-electron chi connectivity index (χ4n) is 5.23. The van der Waals surface area contributed by atoms with Crippen LogP contribution >= 0.6 is 0 Å². The number of rotatable bonds is 17. The molecule has 3 aromatic heterocycles. The van der Waals surface area contributed by atoms with Gasteiger partial charge in [-0.1, -0.05) is 16.6 Å². The number of benzene rings is 3. The Morgan fingerprint density at radius 3 is 1.45 bits per heavy atom. The number of carbonyl (C=O) groups is 1. The van der Waals surface area contributed by atoms with E-state index in [2.05, 4.69) is 56.7 Å². The lowest BCUT2D eigenvalue weighted by Gasteiger charge is -2.12. The summed E-state index contributed by atoms with van der Waals surface area (Å²) in [6.45, 7) is 0.663. The summed E-state index contributed by atoms with van der Waals surface area (Å²) < 4.78 is 7.62. The highest BCUT2D eigenvalue weighted by atomic mass is 16.1. The maximum Gasteiger partial charge on any atom is 0.421 e. The zero-order valence-electron chi connectivity index (χ0n) is 30.2. The van der Waals surface area contributed by atoms with Crippen LogP contribution in [0.5, 0.6) is 0 Å². The van der Waals surface area contributed by atoms with Gasteiger partial charge in [-0.25, -0.2) is 18.3 Å². The Morgan fingerprint density at radius 2 is 1.02 bits per heavy atom. The summed E-state index contributed by atoms with van der Waals surface area (Å²) >= 11 is 0. The molecule has 3 heterocycles. The molecule has 0 fully saturated rings. The minimum absolute atomic E-state index is 0.370. The smallest absolute Gasteiger partial charge is 0.356 e. The molecule has 6 rings (SSSR count). The number of imidazole rings is 2. The highest BCUT2D eigenvalue weighted by Crippen LogP contribution is 2.25. The van der Waals surface area contributed by atoms with Gasteiger partial charge >= 0.3 is 11.9 Å². The van der Waals surface area contributed by atoms with Gasteiger partial charge in [0, 0.05) is 45.9 Å². The molecule has 0 saturated heterocycles. The highest BCUT2D eigenvalue weighted by molar-refractivity contribution is 5.66. The fourth-order valence-corrected chi connectivity index (χ4v) is 5.23. The minimum Gasteiger partial charge on any atom is -0.356 e. The molecule has 0 unspecified atom stereocenters. The SMILES string of the molecule is Cn1cc[n+](C)c1N=Nc1ccc(Nc2ccc(Nc3nc(NCCCCCC=O)nc(Nc4ccc(N=Nc5n(C)cc[n+]5C)cc4)n3)cc2)cc1. The molecule has 16 heteroatoms. The van der Waals surface area contributed by atoms with E-state index >= 15 is 0 Å². The Balaban J connectivity index is 1.10. The van der Waals surface area contributed by atoms with Gasteiger partial charge in [0.15, 0.2) is 0 Å². The minimum atomic E-state index is 0.370. The highest BCUT2D eigenvalue weighted by Gasteiger charge is 2.12. The first-order valence-electron chi connectivity index (χ1n) is 17.2. The van der Waals surface area contributed by atoms with Crippen LogP contribution in [0, 0.1) is 0 Å². The number of hydrogen-bond acceptors (Lipinski definition) is 12. The molecule has 4 N–H and O–H groups in total. The summed E-state index contributed by atoms with van der Waals surface area (Å²) in [6, 6.07) is 23.1. The molecule has 16 nitrogen and oxygen atoms in total. The van der Waals surface area contributed by atoms with Crippen LogP contribution in [-0.4, -0.2) is 36.9 Å². The topological polar surface area (TPSA) is 171 Å². The number of aldehydes is 1. The van der Waals surface area contributed by atoms with Crippen LogP contribution in [0.3, 0.4) is 0 Å². The van der Waals surface area contributed by atoms with Gasteiger partial charge in [0.25, 0.3) is 0 Å². The van der Waals surface area contributed by atoms with Crippen LogP contribution < -0.4 is 30.4 Å². The molecule has 0 aliphatic carbocycles. The third-order valence-corrected chi connectivity index (χ3v) is 8.14. The zero-order chi connectivity index (χ0) is 37.0. The van der Waals surface area contributed by atoms with Gasteiger partial charge in [-0.3, -0.25) is 0 Å². The van der Waals surface area contributed by atoms with Crippen LogP contribution in [0.1, 0.15) is 25.7 Å². The standard InChI is InChI=1S/C37H41N15O/c1-49-22-23-50(2)36(49)47-45-31-17-13-28(14-18-31)39-27-9-11-29(12-10-27)40-34-42-33(38-21-7-5-6-8-26-53)43-35(44-34)41-30-15-19-32(20-16-30)46-48-37-51(3)24-25-52(37)4/h9-20,22-26H,5-8,21H2,1-4H3,(H2,38,40,42,43,44,45)/p+2. The molecule has 270 valence electrons. The average molecular weight is 714 g/mol. The van der Waals surface area contributed by atoms with Crippen LogP contribution in [0.25, 0.3) is 0 Å². The second-order valence-corrected chi connectivity index (χ2v) is 12.3. The van der Waals surface area contributed by atoms with Crippen molar-refractivity contribution in [1.29, 1.82) is 0 Å². The molecular weight excluding hydrogens is 671 g/mol. The van der Waals surface area contributed by atoms with E-state index in [0.717, 1.165) is 65.9 Å². The van der Waals surface area contributed by atoms with Gasteiger partial charge < -0.3 is 26.1 Å². The number of hydrogen-bond donors (Lipinski definition) is 4. The Labute approximate surface area is 307 Å². The number of anilines is 7. The van der Waals surface area contributed by atoms with Crippen molar-refractivity contribution in [3.63, 3.8) is 0 Å². The van der Waals surface area contributed by atoms with E-state index in [1.54, 1.807) is 0 Å². The van der Waals surface area contributed by atoms with Crippen molar-refractivity contribution in [2.75, 3.05) is 27.8 Å². The van der Waals surface area contributed by atoms with Gasteiger partial charge in [-0.05, 0) is 85.6 Å². The van der Waals surface area contributed by atoms with E-state index in [0.29, 0.717) is 36.5 Å². The Bertz CT molecular complexity index is 2130. The summed E-state index contributed by atoms with van der Waals surface area (Å²) in [6.07, 6.45) is 11.9.